The van der Waals surface area contributed by atoms with Gasteiger partial charge in [-0.15, -0.1) is 0 Å². The molecule has 3 amide bonds. The Labute approximate surface area is 176 Å². The van der Waals surface area contributed by atoms with Crippen LogP contribution in [0.15, 0.2) is 48.5 Å². The van der Waals surface area contributed by atoms with Gasteiger partial charge in [-0.05, 0) is 35.4 Å². The number of nitrogens with zero attached hydrogens (tertiary/aromatic N) is 2. The molecule has 2 aromatic carbocycles. The molecule has 6 nitrogen and oxygen atoms in total. The van der Waals surface area contributed by atoms with Crippen molar-refractivity contribution in [2.45, 2.75) is 13.0 Å². The lowest BCUT2D eigenvalue weighted by Gasteiger charge is -2.26. The molecule has 1 aliphatic heterocycles. The number of carbonyl (C=O) groups excluding carboxylic acids is 2. The summed E-state index contributed by atoms with van der Waals surface area (Å²) >= 11 is 1.89. The average molecular weight is 414 g/mol. The monoisotopic (exact) mass is 413 g/mol. The van der Waals surface area contributed by atoms with Crippen LogP contribution in [0.1, 0.15) is 11.1 Å². The van der Waals surface area contributed by atoms with E-state index in [0.29, 0.717) is 18.7 Å². The van der Waals surface area contributed by atoms with Crippen molar-refractivity contribution >= 4 is 29.4 Å². The van der Waals surface area contributed by atoms with Gasteiger partial charge in [0.25, 0.3) is 0 Å². The molecule has 1 heterocycles. The molecule has 3 rings (SSSR count). The Hall–Kier alpha value is -2.67. The normalized spacial score (nSPS) is 13.7. The van der Waals surface area contributed by atoms with Gasteiger partial charge in [0.1, 0.15) is 5.75 Å². The Bertz CT molecular complexity index is 835. The minimum absolute atomic E-state index is 0.167. The Morgan fingerprint density at radius 1 is 1.10 bits per heavy atom. The quantitative estimate of drug-likeness (QED) is 0.788. The van der Waals surface area contributed by atoms with Gasteiger partial charge in [-0.3, -0.25) is 4.79 Å². The van der Waals surface area contributed by atoms with Gasteiger partial charge in [0.2, 0.25) is 5.91 Å². The second-order valence-electron chi connectivity index (χ2n) is 7.00. The number of anilines is 1. The topological polar surface area (TPSA) is 61.9 Å². The lowest BCUT2D eigenvalue weighted by atomic mass is 10.1. The number of carbonyl (C=O) groups is 2. The summed E-state index contributed by atoms with van der Waals surface area (Å²) in [5, 5.41) is 2.89. The van der Waals surface area contributed by atoms with Gasteiger partial charge in [-0.2, -0.15) is 11.8 Å². The molecular formula is C22H27N3O3S. The third-order valence-electron chi connectivity index (χ3n) is 4.82. The first-order valence-electron chi connectivity index (χ1n) is 9.64. The maximum absolute atomic E-state index is 12.5. The van der Waals surface area contributed by atoms with Gasteiger partial charge >= 0.3 is 6.03 Å². The molecule has 1 aliphatic rings. The van der Waals surface area contributed by atoms with Crippen molar-refractivity contribution in [3.8, 4) is 5.75 Å². The van der Waals surface area contributed by atoms with Crippen LogP contribution < -0.4 is 10.1 Å². The second kappa shape index (κ2) is 10.2. The van der Waals surface area contributed by atoms with Crippen LogP contribution in [0.4, 0.5) is 10.5 Å². The summed E-state index contributed by atoms with van der Waals surface area (Å²) < 4.78 is 5.22. The van der Waals surface area contributed by atoms with Gasteiger partial charge in [-0.25, -0.2) is 4.79 Å². The molecule has 1 saturated heterocycles. The second-order valence-corrected chi connectivity index (χ2v) is 8.23. The van der Waals surface area contributed by atoms with Gasteiger partial charge in [0.05, 0.1) is 13.5 Å². The third-order valence-corrected chi connectivity index (χ3v) is 5.77. The highest BCUT2D eigenvalue weighted by Crippen LogP contribution is 2.16. The Morgan fingerprint density at radius 2 is 1.83 bits per heavy atom. The van der Waals surface area contributed by atoms with Crippen molar-refractivity contribution in [3.05, 3.63) is 59.7 Å². The van der Waals surface area contributed by atoms with Gasteiger partial charge in [-0.1, -0.05) is 24.3 Å². The molecule has 7 heteroatoms. The molecule has 0 aliphatic carbocycles. The van der Waals surface area contributed by atoms with E-state index >= 15 is 0 Å². The zero-order valence-electron chi connectivity index (χ0n) is 16.9. The Balaban J connectivity index is 1.51. The summed E-state index contributed by atoms with van der Waals surface area (Å²) in [6, 6.07) is 14.9. The summed E-state index contributed by atoms with van der Waals surface area (Å²) in [7, 11) is 3.37. The van der Waals surface area contributed by atoms with Crippen LogP contribution in [-0.2, 0) is 17.8 Å². The molecule has 0 radical (unpaired) electrons. The van der Waals surface area contributed by atoms with E-state index in [4.69, 9.17) is 4.74 Å². The SMILES string of the molecule is COc1cccc(CN(C)C(=O)Nc2ccc(CC(=O)N3CCSCC3)cc2)c1. The van der Waals surface area contributed by atoms with Crippen molar-refractivity contribution in [1.82, 2.24) is 9.80 Å². The van der Waals surface area contributed by atoms with E-state index in [0.717, 1.165) is 41.5 Å². The number of thioether (sulfide) groups is 1. The fraction of sp³-hybridized carbons (Fsp3) is 0.364. The lowest BCUT2D eigenvalue weighted by molar-refractivity contribution is -0.130. The number of methoxy groups -OCH3 is 1. The molecule has 1 N–H and O–H groups in total. The van der Waals surface area contributed by atoms with Crippen LogP contribution in [0.3, 0.4) is 0 Å². The molecular weight excluding hydrogens is 386 g/mol. The molecule has 2 aromatic rings. The number of nitrogens with one attached hydrogen (secondary N) is 1. The van der Waals surface area contributed by atoms with Gasteiger partial charge < -0.3 is 19.9 Å². The minimum Gasteiger partial charge on any atom is -0.497 e. The molecule has 0 aromatic heterocycles. The molecule has 154 valence electrons. The zero-order chi connectivity index (χ0) is 20.6. The largest absolute Gasteiger partial charge is 0.497 e. The van der Waals surface area contributed by atoms with E-state index < -0.39 is 0 Å². The molecule has 1 fully saturated rings. The highest BCUT2D eigenvalue weighted by atomic mass is 32.2. The highest BCUT2D eigenvalue weighted by molar-refractivity contribution is 7.99. The number of ether oxygens (including phenoxy) is 1. The van der Waals surface area contributed by atoms with Crippen LogP contribution in [0.25, 0.3) is 0 Å². The predicted molar refractivity (Wildman–Crippen MR) is 118 cm³/mol. The molecule has 29 heavy (non-hydrogen) atoms. The van der Waals surface area contributed by atoms with Crippen molar-refractivity contribution in [2.24, 2.45) is 0 Å². The van der Waals surface area contributed by atoms with Crippen LogP contribution >= 0.6 is 11.8 Å². The summed E-state index contributed by atoms with van der Waals surface area (Å²) in [5.41, 5.74) is 2.65. The van der Waals surface area contributed by atoms with Gasteiger partial charge in [0.15, 0.2) is 0 Å². The summed E-state index contributed by atoms with van der Waals surface area (Å²) in [6.07, 6.45) is 0.397. The number of urea groups is 1. The third kappa shape index (κ3) is 6.15. The van der Waals surface area contributed by atoms with Crippen molar-refractivity contribution in [2.75, 3.05) is 44.1 Å². The molecule has 0 unspecified atom stereocenters. The van der Waals surface area contributed by atoms with Crippen LogP contribution in [0, 0.1) is 0 Å². The lowest BCUT2D eigenvalue weighted by Crippen LogP contribution is -2.38. The molecule has 0 saturated carbocycles. The van der Waals surface area contributed by atoms with E-state index in [9.17, 15) is 9.59 Å². The molecule has 0 atom stereocenters. The smallest absolute Gasteiger partial charge is 0.321 e. The molecule has 0 spiro atoms. The first kappa shape index (κ1) is 21.0. The summed E-state index contributed by atoms with van der Waals surface area (Å²) in [4.78, 5) is 28.4. The number of amides is 3. The van der Waals surface area contributed by atoms with E-state index in [-0.39, 0.29) is 11.9 Å². The van der Waals surface area contributed by atoms with E-state index in [1.54, 1.807) is 19.1 Å². The van der Waals surface area contributed by atoms with Crippen molar-refractivity contribution in [1.29, 1.82) is 0 Å². The summed E-state index contributed by atoms with van der Waals surface area (Å²) in [5.74, 6) is 2.96. The van der Waals surface area contributed by atoms with Crippen LogP contribution in [0.2, 0.25) is 0 Å². The number of benzene rings is 2. The zero-order valence-corrected chi connectivity index (χ0v) is 17.7. The Morgan fingerprint density at radius 3 is 2.52 bits per heavy atom. The number of hydrogen-bond donors (Lipinski definition) is 1. The minimum atomic E-state index is -0.192. The van der Waals surface area contributed by atoms with E-state index in [1.165, 1.54) is 0 Å². The fourth-order valence-corrected chi connectivity index (χ4v) is 4.04. The fourth-order valence-electron chi connectivity index (χ4n) is 3.14. The standard InChI is InChI=1S/C22H27N3O3S/c1-24(16-18-4-3-5-20(14-18)28-2)22(27)23-19-8-6-17(7-9-19)15-21(26)25-10-12-29-13-11-25/h3-9,14H,10-13,15-16H2,1-2H3,(H,23,27). The summed E-state index contributed by atoms with van der Waals surface area (Å²) in [6.45, 7) is 2.14. The first-order valence-corrected chi connectivity index (χ1v) is 10.8. The maximum Gasteiger partial charge on any atom is 0.321 e. The first-order chi connectivity index (χ1) is 14.0. The van der Waals surface area contributed by atoms with Crippen molar-refractivity contribution in [3.63, 3.8) is 0 Å². The maximum atomic E-state index is 12.5. The van der Waals surface area contributed by atoms with E-state index in [1.807, 2.05) is 65.2 Å². The number of rotatable bonds is 6. The number of hydrogen-bond acceptors (Lipinski definition) is 4. The van der Waals surface area contributed by atoms with Crippen molar-refractivity contribution < 1.29 is 14.3 Å². The van der Waals surface area contributed by atoms with Crippen LogP contribution in [0.5, 0.6) is 5.75 Å². The van der Waals surface area contributed by atoms with Crippen LogP contribution in [-0.4, -0.2) is 60.5 Å². The average Bonchev–Trinajstić information content (AvgIpc) is 2.75. The van der Waals surface area contributed by atoms with Gasteiger partial charge in [0, 0.05) is 43.9 Å². The molecule has 0 bridgehead atoms. The Kier molecular flexibility index (Phi) is 7.41. The predicted octanol–water partition coefficient (Wildman–Crippen LogP) is 3.48. The van der Waals surface area contributed by atoms with E-state index in [2.05, 4.69) is 5.32 Å². The highest BCUT2D eigenvalue weighted by Gasteiger charge is 2.17.